The second kappa shape index (κ2) is 8.46. The van der Waals surface area contributed by atoms with Crippen molar-refractivity contribution in [1.82, 2.24) is 0 Å². The van der Waals surface area contributed by atoms with Gasteiger partial charge in [0.25, 0.3) is 0 Å². The average molecular weight is 382 g/mol. The summed E-state index contributed by atoms with van der Waals surface area (Å²) >= 11 is 0. The fourth-order valence-corrected chi connectivity index (χ4v) is 3.76. The molecule has 0 N–H and O–H groups in total. The van der Waals surface area contributed by atoms with E-state index in [0.717, 1.165) is 22.3 Å². The number of rotatable bonds is 7. The summed E-state index contributed by atoms with van der Waals surface area (Å²) in [5, 5.41) is 0. The topological polar surface area (TPSA) is 61.8 Å². The second-order valence-electron chi connectivity index (χ2n) is 6.87. The Kier molecular flexibility index (Phi) is 6.02. The Bertz CT molecular complexity index is 896. The third-order valence-electron chi connectivity index (χ3n) is 5.39. The maximum Gasteiger partial charge on any atom is 0.314 e. The molecule has 28 heavy (non-hydrogen) atoms. The molecule has 0 aliphatic heterocycles. The largest absolute Gasteiger partial charge is 0.493 e. The van der Waals surface area contributed by atoms with Gasteiger partial charge in [0.2, 0.25) is 5.75 Å². The average Bonchev–Trinajstić information content (AvgIpc) is 3.09. The summed E-state index contributed by atoms with van der Waals surface area (Å²) in [5.41, 5.74) is 3.34. The van der Waals surface area contributed by atoms with E-state index in [2.05, 4.69) is 0 Å². The van der Waals surface area contributed by atoms with Gasteiger partial charge in [0.15, 0.2) is 17.3 Å². The molecule has 0 saturated carbocycles. The molecule has 0 radical (unpaired) electrons. The lowest BCUT2D eigenvalue weighted by Gasteiger charge is -2.20. The van der Waals surface area contributed by atoms with E-state index in [1.165, 1.54) is 7.11 Å². The number of carbonyl (C=O) groups is 2. The summed E-state index contributed by atoms with van der Waals surface area (Å²) in [4.78, 5) is 24.9. The van der Waals surface area contributed by atoms with Crippen molar-refractivity contribution in [2.45, 2.75) is 39.5 Å². The Morgan fingerprint density at radius 3 is 2.29 bits per heavy atom. The SMILES string of the molecule is CCC(CC)C(=O)Oc1c(-c2cccc3c2CCC3=O)ccc(OC)c1OC. The van der Waals surface area contributed by atoms with Gasteiger partial charge in [0, 0.05) is 17.5 Å². The van der Waals surface area contributed by atoms with Gasteiger partial charge in [-0.25, -0.2) is 0 Å². The van der Waals surface area contributed by atoms with E-state index >= 15 is 0 Å². The molecule has 1 aliphatic carbocycles. The lowest BCUT2D eigenvalue weighted by Crippen LogP contribution is -2.20. The fourth-order valence-electron chi connectivity index (χ4n) is 3.76. The molecule has 3 rings (SSSR count). The number of benzene rings is 2. The van der Waals surface area contributed by atoms with Gasteiger partial charge in [-0.05, 0) is 42.5 Å². The summed E-state index contributed by atoms with van der Waals surface area (Å²) < 4.78 is 16.8. The Balaban J connectivity index is 2.17. The Morgan fingerprint density at radius 2 is 1.64 bits per heavy atom. The van der Waals surface area contributed by atoms with Crippen LogP contribution in [0.1, 0.15) is 49.0 Å². The van der Waals surface area contributed by atoms with E-state index in [-0.39, 0.29) is 17.7 Å². The van der Waals surface area contributed by atoms with Crippen molar-refractivity contribution < 1.29 is 23.8 Å². The van der Waals surface area contributed by atoms with E-state index in [1.54, 1.807) is 13.2 Å². The van der Waals surface area contributed by atoms with Gasteiger partial charge in [0.1, 0.15) is 0 Å². The zero-order chi connectivity index (χ0) is 20.3. The van der Waals surface area contributed by atoms with Crippen molar-refractivity contribution >= 4 is 11.8 Å². The van der Waals surface area contributed by atoms with Gasteiger partial charge in [-0.15, -0.1) is 0 Å². The van der Waals surface area contributed by atoms with Gasteiger partial charge in [-0.1, -0.05) is 32.0 Å². The van der Waals surface area contributed by atoms with Crippen LogP contribution >= 0.6 is 0 Å². The summed E-state index contributed by atoms with van der Waals surface area (Å²) in [7, 11) is 3.07. The number of Topliss-reactive ketones (excluding diaryl/α,β-unsaturated/α-hetero) is 1. The smallest absolute Gasteiger partial charge is 0.314 e. The van der Waals surface area contributed by atoms with Crippen molar-refractivity contribution in [3.05, 3.63) is 41.5 Å². The molecule has 148 valence electrons. The van der Waals surface area contributed by atoms with Crippen molar-refractivity contribution in [3.63, 3.8) is 0 Å². The van der Waals surface area contributed by atoms with Gasteiger partial charge < -0.3 is 14.2 Å². The lowest BCUT2D eigenvalue weighted by atomic mass is 9.95. The predicted octanol–water partition coefficient (Wildman–Crippen LogP) is 4.84. The van der Waals surface area contributed by atoms with E-state index < -0.39 is 0 Å². The molecule has 0 heterocycles. The van der Waals surface area contributed by atoms with Gasteiger partial charge in [-0.2, -0.15) is 0 Å². The first-order chi connectivity index (χ1) is 13.5. The molecular formula is C23H26O5. The molecule has 1 aliphatic rings. The van der Waals surface area contributed by atoms with E-state index in [4.69, 9.17) is 14.2 Å². The van der Waals surface area contributed by atoms with Crippen LogP contribution in [0.5, 0.6) is 17.2 Å². The van der Waals surface area contributed by atoms with Crippen molar-refractivity contribution in [2.24, 2.45) is 5.92 Å². The first-order valence-electron chi connectivity index (χ1n) is 9.67. The zero-order valence-corrected chi connectivity index (χ0v) is 16.8. The van der Waals surface area contributed by atoms with E-state index in [1.807, 2.05) is 38.1 Å². The normalized spacial score (nSPS) is 12.8. The van der Waals surface area contributed by atoms with E-state index in [9.17, 15) is 9.59 Å². The Hall–Kier alpha value is -2.82. The molecule has 0 fully saturated rings. The summed E-state index contributed by atoms with van der Waals surface area (Å²) in [5.74, 6) is 0.871. The molecule has 2 aromatic rings. The minimum absolute atomic E-state index is 0.146. The van der Waals surface area contributed by atoms with Crippen LogP contribution in [0.4, 0.5) is 0 Å². The molecule has 0 saturated heterocycles. The van der Waals surface area contributed by atoms with E-state index in [0.29, 0.717) is 42.9 Å². The molecule has 0 amide bonds. The maximum atomic E-state index is 12.7. The maximum absolute atomic E-state index is 12.7. The number of esters is 1. The number of hydrogen-bond donors (Lipinski definition) is 0. The highest BCUT2D eigenvalue weighted by Crippen LogP contribution is 2.46. The van der Waals surface area contributed by atoms with Gasteiger partial charge in [-0.3, -0.25) is 9.59 Å². The number of carbonyl (C=O) groups excluding carboxylic acids is 2. The number of fused-ring (bicyclic) bond motifs is 1. The molecule has 0 atom stereocenters. The molecular weight excluding hydrogens is 356 g/mol. The van der Waals surface area contributed by atoms with Crippen LogP contribution < -0.4 is 14.2 Å². The highest BCUT2D eigenvalue weighted by Gasteiger charge is 2.28. The summed E-state index contributed by atoms with van der Waals surface area (Å²) in [6.07, 6.45) is 2.58. The molecule has 0 spiro atoms. The minimum Gasteiger partial charge on any atom is -0.493 e. The Morgan fingerprint density at radius 1 is 0.929 bits per heavy atom. The van der Waals surface area contributed by atoms with Gasteiger partial charge in [0.05, 0.1) is 20.1 Å². The highest BCUT2D eigenvalue weighted by molar-refractivity contribution is 6.03. The number of hydrogen-bond acceptors (Lipinski definition) is 5. The van der Waals surface area contributed by atoms with Crippen molar-refractivity contribution in [2.75, 3.05) is 14.2 Å². The molecule has 5 nitrogen and oxygen atoms in total. The number of methoxy groups -OCH3 is 2. The van der Waals surface area contributed by atoms with Crippen LogP contribution in [0, 0.1) is 5.92 Å². The lowest BCUT2D eigenvalue weighted by molar-refractivity contribution is -0.139. The minimum atomic E-state index is -0.290. The standard InChI is InChI=1S/C23H26O5/c1-5-14(6-2)23(25)28-21-18(11-13-20(26-3)22(21)27-4)15-8-7-9-17-16(15)10-12-19(17)24/h7-9,11,13-14H,5-6,10,12H2,1-4H3. The highest BCUT2D eigenvalue weighted by atomic mass is 16.6. The Labute approximate surface area is 165 Å². The monoisotopic (exact) mass is 382 g/mol. The number of ether oxygens (including phenoxy) is 3. The first-order valence-corrected chi connectivity index (χ1v) is 9.67. The number of ketones is 1. The van der Waals surface area contributed by atoms with Crippen molar-refractivity contribution in [3.8, 4) is 28.4 Å². The quantitative estimate of drug-likeness (QED) is 0.506. The van der Waals surface area contributed by atoms with Crippen LogP contribution in [-0.2, 0) is 11.2 Å². The van der Waals surface area contributed by atoms with Crippen LogP contribution in [0.3, 0.4) is 0 Å². The molecule has 0 aromatic heterocycles. The molecule has 5 heteroatoms. The third-order valence-corrected chi connectivity index (χ3v) is 5.39. The molecule has 0 bridgehead atoms. The van der Waals surface area contributed by atoms with Crippen LogP contribution in [0.25, 0.3) is 11.1 Å². The first kappa shape index (κ1) is 19.9. The van der Waals surface area contributed by atoms with Crippen molar-refractivity contribution in [1.29, 1.82) is 0 Å². The van der Waals surface area contributed by atoms with Crippen LogP contribution in [0.15, 0.2) is 30.3 Å². The van der Waals surface area contributed by atoms with Gasteiger partial charge >= 0.3 is 5.97 Å². The zero-order valence-electron chi connectivity index (χ0n) is 16.8. The third kappa shape index (κ3) is 3.49. The predicted molar refractivity (Wildman–Crippen MR) is 107 cm³/mol. The van der Waals surface area contributed by atoms with Crippen LogP contribution in [-0.4, -0.2) is 26.0 Å². The summed E-state index contributed by atoms with van der Waals surface area (Å²) in [6.45, 7) is 3.93. The molecule has 2 aromatic carbocycles. The van der Waals surface area contributed by atoms with Crippen LogP contribution in [0.2, 0.25) is 0 Å². The molecule has 0 unspecified atom stereocenters. The summed E-state index contributed by atoms with van der Waals surface area (Å²) in [6, 6.07) is 9.31. The second-order valence-corrected chi connectivity index (χ2v) is 6.87. The fraction of sp³-hybridized carbons (Fsp3) is 0.391.